The summed E-state index contributed by atoms with van der Waals surface area (Å²) < 4.78 is 50.3. The van der Waals surface area contributed by atoms with Crippen LogP contribution in [-0.2, 0) is 6.61 Å². The predicted octanol–water partition coefficient (Wildman–Crippen LogP) is 6.04. The molecule has 1 N–H and O–H groups in total. The second-order valence-electron chi connectivity index (χ2n) is 7.38. The van der Waals surface area contributed by atoms with Crippen LogP contribution in [0.25, 0.3) is 10.9 Å². The van der Waals surface area contributed by atoms with Gasteiger partial charge < -0.3 is 24.3 Å². The third kappa shape index (κ3) is 5.34. The second kappa shape index (κ2) is 10.9. The summed E-state index contributed by atoms with van der Waals surface area (Å²) in [6.07, 6.45) is 1.46. The molecule has 1 heterocycles. The van der Waals surface area contributed by atoms with E-state index in [9.17, 15) is 8.78 Å². The Kier molecular flexibility index (Phi) is 7.45. The Hall–Kier alpha value is -4.14. The van der Waals surface area contributed by atoms with Gasteiger partial charge in [-0.25, -0.2) is 18.7 Å². The standard InChI is InChI=1S/C26H25F2N3O4/c1-4-33-24-12-17-21(13-25(24)34-5-2)29-15-30-26(17)31-16-9-10-22(23(11-16)32-3)35-14-18-19(27)7-6-8-20(18)28/h6-13,15H,4-5,14H2,1-3H3,(H,29,30,31). The van der Waals surface area contributed by atoms with Crippen LogP contribution in [0.4, 0.5) is 20.3 Å². The first kappa shape index (κ1) is 24.0. The number of halogens is 2. The maximum absolute atomic E-state index is 13.9. The van der Waals surface area contributed by atoms with Crippen molar-refractivity contribution in [1.82, 2.24) is 9.97 Å². The minimum atomic E-state index is -0.670. The van der Waals surface area contributed by atoms with Crippen LogP contribution in [-0.4, -0.2) is 30.3 Å². The average molecular weight is 481 g/mol. The van der Waals surface area contributed by atoms with Gasteiger partial charge in [0, 0.05) is 23.2 Å². The van der Waals surface area contributed by atoms with E-state index < -0.39 is 11.6 Å². The summed E-state index contributed by atoms with van der Waals surface area (Å²) >= 11 is 0. The van der Waals surface area contributed by atoms with Crippen LogP contribution >= 0.6 is 0 Å². The third-order valence-electron chi connectivity index (χ3n) is 5.16. The van der Waals surface area contributed by atoms with E-state index in [0.29, 0.717) is 53.2 Å². The zero-order valence-electron chi connectivity index (χ0n) is 19.6. The van der Waals surface area contributed by atoms with Crippen molar-refractivity contribution in [3.63, 3.8) is 0 Å². The molecule has 4 aromatic rings. The molecule has 1 aromatic heterocycles. The Balaban J connectivity index is 1.60. The van der Waals surface area contributed by atoms with E-state index in [1.807, 2.05) is 26.0 Å². The number of rotatable bonds is 10. The van der Waals surface area contributed by atoms with E-state index >= 15 is 0 Å². The molecule has 0 saturated carbocycles. The maximum atomic E-state index is 13.9. The van der Waals surface area contributed by atoms with E-state index in [2.05, 4.69) is 15.3 Å². The van der Waals surface area contributed by atoms with Crippen LogP contribution in [0.2, 0.25) is 0 Å². The number of nitrogens with one attached hydrogen (secondary N) is 1. The van der Waals surface area contributed by atoms with E-state index in [1.54, 1.807) is 18.2 Å². The van der Waals surface area contributed by atoms with Gasteiger partial charge in [-0.3, -0.25) is 0 Å². The van der Waals surface area contributed by atoms with Crippen molar-refractivity contribution in [2.45, 2.75) is 20.5 Å². The van der Waals surface area contributed by atoms with Crippen molar-refractivity contribution < 1.29 is 27.7 Å². The SMILES string of the molecule is CCOc1cc2ncnc(Nc3ccc(OCc4c(F)cccc4F)c(OC)c3)c2cc1OCC. The van der Waals surface area contributed by atoms with Gasteiger partial charge in [-0.05, 0) is 44.2 Å². The second-order valence-corrected chi connectivity index (χ2v) is 7.38. The monoisotopic (exact) mass is 481 g/mol. The summed E-state index contributed by atoms with van der Waals surface area (Å²) in [5.41, 5.74) is 1.20. The fourth-order valence-electron chi connectivity index (χ4n) is 3.52. The lowest BCUT2D eigenvalue weighted by atomic mass is 10.2. The molecule has 7 nitrogen and oxygen atoms in total. The largest absolute Gasteiger partial charge is 0.493 e. The molecular weight excluding hydrogens is 456 g/mol. The number of anilines is 2. The van der Waals surface area contributed by atoms with Gasteiger partial charge in [0.25, 0.3) is 0 Å². The highest BCUT2D eigenvalue weighted by Gasteiger charge is 2.14. The number of fused-ring (bicyclic) bond motifs is 1. The number of hydrogen-bond acceptors (Lipinski definition) is 7. The highest BCUT2D eigenvalue weighted by atomic mass is 19.1. The van der Waals surface area contributed by atoms with Crippen molar-refractivity contribution in [3.8, 4) is 23.0 Å². The molecule has 0 aliphatic heterocycles. The fraction of sp³-hybridized carbons (Fsp3) is 0.231. The Labute approximate surface area is 201 Å². The van der Waals surface area contributed by atoms with Crippen molar-refractivity contribution in [3.05, 3.63) is 72.1 Å². The highest BCUT2D eigenvalue weighted by molar-refractivity contribution is 5.93. The Morgan fingerprint density at radius 3 is 2.20 bits per heavy atom. The van der Waals surface area contributed by atoms with Crippen molar-refractivity contribution >= 4 is 22.4 Å². The maximum Gasteiger partial charge on any atom is 0.163 e. The molecule has 0 aliphatic carbocycles. The van der Waals surface area contributed by atoms with Crippen molar-refractivity contribution in [1.29, 1.82) is 0 Å². The van der Waals surface area contributed by atoms with Gasteiger partial charge >= 0.3 is 0 Å². The Bertz CT molecular complexity index is 1310. The smallest absolute Gasteiger partial charge is 0.163 e. The molecule has 0 atom stereocenters. The summed E-state index contributed by atoms with van der Waals surface area (Å²) in [6, 6.07) is 12.4. The van der Waals surface area contributed by atoms with E-state index in [-0.39, 0.29) is 12.2 Å². The molecular formula is C26H25F2N3O4. The zero-order chi connectivity index (χ0) is 24.8. The quantitative estimate of drug-likeness (QED) is 0.296. The number of benzene rings is 3. The van der Waals surface area contributed by atoms with Gasteiger partial charge in [0.1, 0.15) is 30.4 Å². The molecule has 4 rings (SSSR count). The number of hydrogen-bond donors (Lipinski definition) is 1. The number of methoxy groups -OCH3 is 1. The summed E-state index contributed by atoms with van der Waals surface area (Å²) in [5.74, 6) is 1.16. The van der Waals surface area contributed by atoms with E-state index in [1.165, 1.54) is 31.6 Å². The highest BCUT2D eigenvalue weighted by Crippen LogP contribution is 2.36. The van der Waals surface area contributed by atoms with Crippen LogP contribution in [0.1, 0.15) is 19.4 Å². The van der Waals surface area contributed by atoms with Gasteiger partial charge in [0.2, 0.25) is 0 Å². The third-order valence-corrected chi connectivity index (χ3v) is 5.16. The normalized spacial score (nSPS) is 10.8. The van der Waals surface area contributed by atoms with Crippen molar-refractivity contribution in [2.75, 3.05) is 25.6 Å². The molecule has 0 saturated heterocycles. The summed E-state index contributed by atoms with van der Waals surface area (Å²) in [5, 5.41) is 4.00. The predicted molar refractivity (Wildman–Crippen MR) is 129 cm³/mol. The summed E-state index contributed by atoms with van der Waals surface area (Å²) in [4.78, 5) is 8.73. The molecule has 0 bridgehead atoms. The van der Waals surface area contributed by atoms with Crippen molar-refractivity contribution in [2.24, 2.45) is 0 Å². The van der Waals surface area contributed by atoms with Crippen LogP contribution < -0.4 is 24.3 Å². The Morgan fingerprint density at radius 1 is 0.800 bits per heavy atom. The first-order valence-corrected chi connectivity index (χ1v) is 11.1. The summed E-state index contributed by atoms with van der Waals surface area (Å²) in [7, 11) is 1.49. The lowest BCUT2D eigenvalue weighted by molar-refractivity contribution is 0.274. The molecule has 35 heavy (non-hydrogen) atoms. The lowest BCUT2D eigenvalue weighted by Gasteiger charge is -2.15. The lowest BCUT2D eigenvalue weighted by Crippen LogP contribution is -2.03. The molecule has 0 unspecified atom stereocenters. The van der Waals surface area contributed by atoms with E-state index in [0.717, 1.165) is 5.39 Å². The molecule has 0 amide bonds. The first-order valence-electron chi connectivity index (χ1n) is 11.1. The minimum Gasteiger partial charge on any atom is -0.493 e. The zero-order valence-corrected chi connectivity index (χ0v) is 19.6. The fourth-order valence-corrected chi connectivity index (χ4v) is 3.52. The molecule has 0 aliphatic rings. The van der Waals surface area contributed by atoms with Crippen LogP contribution in [0.5, 0.6) is 23.0 Å². The topological polar surface area (TPSA) is 74.7 Å². The molecule has 0 spiro atoms. The molecule has 9 heteroatoms. The molecule has 0 radical (unpaired) electrons. The van der Waals surface area contributed by atoms with Gasteiger partial charge in [-0.15, -0.1) is 0 Å². The van der Waals surface area contributed by atoms with Gasteiger partial charge in [-0.2, -0.15) is 0 Å². The Morgan fingerprint density at radius 2 is 1.51 bits per heavy atom. The molecule has 182 valence electrons. The minimum absolute atomic E-state index is 0.152. The van der Waals surface area contributed by atoms with E-state index in [4.69, 9.17) is 18.9 Å². The van der Waals surface area contributed by atoms with Crippen LogP contribution in [0.15, 0.2) is 54.9 Å². The van der Waals surface area contributed by atoms with Gasteiger partial charge in [0.15, 0.2) is 23.0 Å². The van der Waals surface area contributed by atoms with Crippen LogP contribution in [0.3, 0.4) is 0 Å². The number of ether oxygens (including phenoxy) is 4. The number of nitrogens with zero attached hydrogens (tertiary/aromatic N) is 2. The average Bonchev–Trinajstić information content (AvgIpc) is 2.85. The van der Waals surface area contributed by atoms with Gasteiger partial charge in [-0.1, -0.05) is 6.07 Å². The van der Waals surface area contributed by atoms with Gasteiger partial charge in [0.05, 0.1) is 31.4 Å². The molecule has 3 aromatic carbocycles. The molecule has 0 fully saturated rings. The number of aromatic nitrogens is 2. The first-order chi connectivity index (χ1) is 17.0. The van der Waals surface area contributed by atoms with Crippen LogP contribution in [0, 0.1) is 11.6 Å². The summed E-state index contributed by atoms with van der Waals surface area (Å²) in [6.45, 7) is 4.51.